The first-order chi connectivity index (χ1) is 9.47. The lowest BCUT2D eigenvalue weighted by Crippen LogP contribution is -1.99. The summed E-state index contributed by atoms with van der Waals surface area (Å²) in [5.74, 6) is -1.01. The fraction of sp³-hybridized carbons (Fsp3) is 0.133. The van der Waals surface area contributed by atoms with Gasteiger partial charge >= 0.3 is 5.97 Å². The molecule has 102 valence electrons. The molecule has 1 heterocycles. The van der Waals surface area contributed by atoms with Crippen LogP contribution >= 0.6 is 11.8 Å². The van der Waals surface area contributed by atoms with E-state index >= 15 is 0 Å². The molecule has 0 spiro atoms. The summed E-state index contributed by atoms with van der Waals surface area (Å²) in [4.78, 5) is 28.0. The zero-order valence-corrected chi connectivity index (χ0v) is 11.9. The second kappa shape index (κ2) is 5.88. The number of benzene rings is 1. The maximum atomic E-state index is 11.1. The molecule has 1 N–H and O–H groups in total. The van der Waals surface area contributed by atoms with Gasteiger partial charge in [-0.1, -0.05) is 17.8 Å². The molecule has 1 aromatic carbocycles. The molecule has 2 aromatic rings. The molecule has 5 heteroatoms. The largest absolute Gasteiger partial charge is 0.478 e. The normalized spacial score (nSPS) is 10.3. The summed E-state index contributed by atoms with van der Waals surface area (Å²) >= 11 is 1.41. The van der Waals surface area contributed by atoms with Crippen molar-refractivity contribution < 1.29 is 14.7 Å². The van der Waals surface area contributed by atoms with Crippen molar-refractivity contribution in [2.24, 2.45) is 0 Å². The van der Waals surface area contributed by atoms with Gasteiger partial charge in [-0.2, -0.15) is 0 Å². The van der Waals surface area contributed by atoms with E-state index in [0.717, 1.165) is 15.4 Å². The topological polar surface area (TPSA) is 67.3 Å². The summed E-state index contributed by atoms with van der Waals surface area (Å²) in [6, 6.07) is 8.75. The number of hydrogen-bond acceptors (Lipinski definition) is 4. The number of hydrogen-bond donors (Lipinski definition) is 1. The van der Waals surface area contributed by atoms with Crippen LogP contribution in [0.25, 0.3) is 0 Å². The Labute approximate surface area is 120 Å². The summed E-state index contributed by atoms with van der Waals surface area (Å²) in [7, 11) is 0. The van der Waals surface area contributed by atoms with Crippen LogP contribution in [0.5, 0.6) is 0 Å². The highest BCUT2D eigenvalue weighted by Gasteiger charge is 2.09. The minimum absolute atomic E-state index is 0.0787. The van der Waals surface area contributed by atoms with Gasteiger partial charge in [0.2, 0.25) is 0 Å². The molecule has 4 nitrogen and oxygen atoms in total. The first-order valence-corrected chi connectivity index (χ1v) is 6.78. The first-order valence-electron chi connectivity index (χ1n) is 5.96. The van der Waals surface area contributed by atoms with E-state index in [1.54, 1.807) is 37.4 Å². The quantitative estimate of drug-likeness (QED) is 0.872. The number of carbonyl (C=O) groups is 2. The molecule has 20 heavy (non-hydrogen) atoms. The molecule has 0 aliphatic carbocycles. The molecule has 0 unspecified atom stereocenters. The fourth-order valence-corrected chi connectivity index (χ4v) is 2.51. The Bertz CT molecular complexity index is 665. The minimum Gasteiger partial charge on any atom is -0.478 e. The third-order valence-corrected chi connectivity index (χ3v) is 3.74. The smallest absolute Gasteiger partial charge is 0.335 e. The molecule has 0 saturated carbocycles. The van der Waals surface area contributed by atoms with E-state index in [0.29, 0.717) is 11.3 Å². The highest BCUT2D eigenvalue weighted by Crippen LogP contribution is 2.28. The van der Waals surface area contributed by atoms with Crippen molar-refractivity contribution in [2.75, 3.05) is 0 Å². The summed E-state index contributed by atoms with van der Waals surface area (Å²) in [6.45, 7) is 3.23. The van der Waals surface area contributed by atoms with Crippen LogP contribution in [0.15, 0.2) is 46.3 Å². The fourth-order valence-electron chi connectivity index (χ4n) is 1.68. The SMILES string of the molecule is CC(=O)c1ccc(Sc2ccc(C)c(C(=O)O)c2)cn1. The number of aromatic nitrogens is 1. The van der Waals surface area contributed by atoms with Crippen molar-refractivity contribution >= 4 is 23.5 Å². The van der Waals surface area contributed by atoms with Gasteiger partial charge in [0.15, 0.2) is 5.78 Å². The van der Waals surface area contributed by atoms with Crippen LogP contribution in [0.2, 0.25) is 0 Å². The number of aromatic carboxylic acids is 1. The summed E-state index contributed by atoms with van der Waals surface area (Å²) in [5.41, 5.74) is 1.44. The molecule has 0 radical (unpaired) electrons. The second-order valence-electron chi connectivity index (χ2n) is 4.32. The maximum Gasteiger partial charge on any atom is 0.335 e. The van der Waals surface area contributed by atoms with E-state index in [1.165, 1.54) is 18.7 Å². The Morgan fingerprint density at radius 3 is 2.40 bits per heavy atom. The monoisotopic (exact) mass is 287 g/mol. The third kappa shape index (κ3) is 3.24. The Morgan fingerprint density at radius 1 is 1.15 bits per heavy atom. The van der Waals surface area contributed by atoms with E-state index in [9.17, 15) is 9.59 Å². The van der Waals surface area contributed by atoms with Crippen LogP contribution in [0.1, 0.15) is 33.3 Å². The van der Waals surface area contributed by atoms with E-state index < -0.39 is 5.97 Å². The Hall–Kier alpha value is -2.14. The molecule has 0 saturated heterocycles. The van der Waals surface area contributed by atoms with Crippen molar-refractivity contribution in [2.45, 2.75) is 23.6 Å². The van der Waals surface area contributed by atoms with Gasteiger partial charge in [-0.05, 0) is 36.8 Å². The highest BCUT2D eigenvalue weighted by molar-refractivity contribution is 7.99. The average Bonchev–Trinajstić information content (AvgIpc) is 2.41. The lowest BCUT2D eigenvalue weighted by Gasteiger charge is -2.05. The van der Waals surface area contributed by atoms with Crippen molar-refractivity contribution in [3.8, 4) is 0 Å². The zero-order valence-electron chi connectivity index (χ0n) is 11.1. The van der Waals surface area contributed by atoms with Gasteiger partial charge in [-0.3, -0.25) is 9.78 Å². The maximum absolute atomic E-state index is 11.1. The molecule has 0 aliphatic heterocycles. The van der Waals surface area contributed by atoms with Crippen LogP contribution in [-0.2, 0) is 0 Å². The van der Waals surface area contributed by atoms with Gasteiger partial charge in [-0.25, -0.2) is 4.79 Å². The van der Waals surface area contributed by atoms with Crippen LogP contribution < -0.4 is 0 Å². The second-order valence-corrected chi connectivity index (χ2v) is 5.47. The molecular weight excluding hydrogens is 274 g/mol. The molecule has 1 aromatic heterocycles. The molecule has 2 rings (SSSR count). The molecule has 0 amide bonds. The number of carboxylic acid groups (broad SMARTS) is 1. The lowest BCUT2D eigenvalue weighted by atomic mass is 10.1. The van der Waals surface area contributed by atoms with Gasteiger partial charge < -0.3 is 5.11 Å². The van der Waals surface area contributed by atoms with Gasteiger partial charge in [0, 0.05) is 22.9 Å². The van der Waals surface area contributed by atoms with Crippen molar-refractivity contribution in [3.05, 3.63) is 53.3 Å². The Balaban J connectivity index is 2.23. The third-order valence-electron chi connectivity index (χ3n) is 2.77. The van der Waals surface area contributed by atoms with Crippen molar-refractivity contribution in [3.63, 3.8) is 0 Å². The summed E-state index contributed by atoms with van der Waals surface area (Å²) < 4.78 is 0. The molecule has 0 fully saturated rings. The Kier molecular flexibility index (Phi) is 4.20. The van der Waals surface area contributed by atoms with E-state index in [2.05, 4.69) is 4.98 Å². The molecule has 0 aliphatic rings. The first kappa shape index (κ1) is 14.3. The van der Waals surface area contributed by atoms with E-state index in [4.69, 9.17) is 5.11 Å². The lowest BCUT2D eigenvalue weighted by molar-refractivity contribution is 0.0695. The number of nitrogens with zero attached hydrogens (tertiary/aromatic N) is 1. The number of ketones is 1. The predicted molar refractivity (Wildman–Crippen MR) is 76.5 cm³/mol. The van der Waals surface area contributed by atoms with Gasteiger partial charge in [0.1, 0.15) is 5.69 Å². The molecule has 0 atom stereocenters. The Morgan fingerprint density at radius 2 is 1.85 bits per heavy atom. The molecule has 0 bridgehead atoms. The van der Waals surface area contributed by atoms with Crippen LogP contribution in [0.4, 0.5) is 0 Å². The van der Waals surface area contributed by atoms with Crippen LogP contribution in [0, 0.1) is 6.92 Å². The van der Waals surface area contributed by atoms with Crippen LogP contribution in [0.3, 0.4) is 0 Å². The summed E-state index contributed by atoms with van der Waals surface area (Å²) in [6.07, 6.45) is 1.61. The summed E-state index contributed by atoms with van der Waals surface area (Å²) in [5, 5.41) is 9.09. The predicted octanol–water partition coefficient (Wildman–Crippen LogP) is 3.44. The van der Waals surface area contributed by atoms with Gasteiger partial charge in [-0.15, -0.1) is 0 Å². The van der Waals surface area contributed by atoms with E-state index in [-0.39, 0.29) is 5.78 Å². The number of carbonyl (C=O) groups excluding carboxylic acids is 1. The van der Waals surface area contributed by atoms with Crippen molar-refractivity contribution in [1.82, 2.24) is 4.98 Å². The number of carboxylic acids is 1. The minimum atomic E-state index is -0.935. The number of pyridine rings is 1. The van der Waals surface area contributed by atoms with Gasteiger partial charge in [0.25, 0.3) is 0 Å². The van der Waals surface area contributed by atoms with Crippen molar-refractivity contribution in [1.29, 1.82) is 0 Å². The highest BCUT2D eigenvalue weighted by atomic mass is 32.2. The standard InChI is InChI=1S/C15H13NO3S/c1-9-3-4-11(7-13(9)15(18)19)20-12-5-6-14(10(2)17)16-8-12/h3-8H,1-2H3,(H,18,19). The van der Waals surface area contributed by atoms with E-state index in [1.807, 2.05) is 6.07 Å². The molecular formula is C15H13NO3S. The average molecular weight is 287 g/mol. The van der Waals surface area contributed by atoms with Gasteiger partial charge in [0.05, 0.1) is 5.56 Å². The van der Waals surface area contributed by atoms with Crippen LogP contribution in [-0.4, -0.2) is 21.8 Å². The zero-order chi connectivity index (χ0) is 14.7. The number of rotatable bonds is 4. The number of Topliss-reactive ketones (excluding diaryl/α,β-unsaturated/α-hetero) is 1. The number of aryl methyl sites for hydroxylation is 1.